The van der Waals surface area contributed by atoms with Crippen LogP contribution in [0.1, 0.15) is 32.3 Å². The molecule has 1 aliphatic rings. The summed E-state index contributed by atoms with van der Waals surface area (Å²) >= 11 is 0. The molecule has 2 rings (SSSR count). The minimum absolute atomic E-state index is 0.0842. The first-order chi connectivity index (χ1) is 9.10. The normalized spacial score (nSPS) is 18.8. The summed E-state index contributed by atoms with van der Waals surface area (Å²) in [5, 5.41) is 12.3. The molecule has 0 radical (unpaired) electrons. The highest BCUT2D eigenvalue weighted by Crippen LogP contribution is 2.33. The maximum atomic E-state index is 12.1. The third-order valence-corrected chi connectivity index (χ3v) is 4.54. The van der Waals surface area contributed by atoms with Crippen molar-refractivity contribution in [3.8, 4) is 0 Å². The lowest BCUT2D eigenvalue weighted by Gasteiger charge is -2.18. The summed E-state index contributed by atoms with van der Waals surface area (Å²) < 4.78 is 26.6. The van der Waals surface area contributed by atoms with E-state index in [1.807, 2.05) is 0 Å². The fraction of sp³-hybridized carbons (Fsp3) is 0.462. The van der Waals surface area contributed by atoms with E-state index in [-0.39, 0.29) is 23.3 Å². The average molecular weight is 298 g/mol. The largest absolute Gasteiger partial charge is 0.389 e. The molecule has 1 heterocycles. The van der Waals surface area contributed by atoms with Gasteiger partial charge in [-0.3, -0.25) is 4.79 Å². The summed E-state index contributed by atoms with van der Waals surface area (Å²) in [6, 6.07) is 4.50. The molecule has 0 bridgehead atoms. The summed E-state index contributed by atoms with van der Waals surface area (Å²) in [7, 11) is -3.71. The van der Waals surface area contributed by atoms with Gasteiger partial charge in [-0.1, -0.05) is 0 Å². The minimum atomic E-state index is -3.71. The Balaban J connectivity index is 2.29. The molecule has 1 aromatic carbocycles. The Kier molecular flexibility index (Phi) is 3.62. The second-order valence-corrected chi connectivity index (χ2v) is 7.36. The highest BCUT2D eigenvalue weighted by atomic mass is 32.2. The van der Waals surface area contributed by atoms with Gasteiger partial charge in [-0.2, -0.15) is 0 Å². The molecule has 1 atom stereocenters. The van der Waals surface area contributed by atoms with Crippen LogP contribution in [0.25, 0.3) is 0 Å². The van der Waals surface area contributed by atoms with Gasteiger partial charge < -0.3 is 10.4 Å². The predicted molar refractivity (Wildman–Crippen MR) is 75.0 cm³/mol. The number of amides is 1. The molecule has 1 aliphatic heterocycles. The Labute approximate surface area is 118 Å². The van der Waals surface area contributed by atoms with E-state index >= 15 is 0 Å². The lowest BCUT2D eigenvalue weighted by molar-refractivity contribution is -0.116. The molecule has 1 amide bonds. The number of aliphatic hydroxyl groups is 1. The van der Waals surface area contributed by atoms with Crippen molar-refractivity contribution in [1.82, 2.24) is 4.72 Å². The Morgan fingerprint density at radius 1 is 1.40 bits per heavy atom. The molecule has 0 saturated heterocycles. The van der Waals surface area contributed by atoms with Crippen LogP contribution in [0.4, 0.5) is 5.69 Å². The minimum Gasteiger partial charge on any atom is -0.389 e. The zero-order chi connectivity index (χ0) is 15.1. The molecule has 0 saturated carbocycles. The molecular weight excluding hydrogens is 280 g/mol. The second kappa shape index (κ2) is 4.83. The first-order valence-electron chi connectivity index (χ1n) is 6.27. The molecule has 0 spiro atoms. The lowest BCUT2D eigenvalue weighted by Crippen LogP contribution is -2.38. The summed E-state index contributed by atoms with van der Waals surface area (Å²) in [6.07, 6.45) is 0. The Bertz CT molecular complexity index is 647. The number of anilines is 1. The number of carbonyl (C=O) groups is 1. The van der Waals surface area contributed by atoms with Crippen LogP contribution in [0.15, 0.2) is 23.1 Å². The van der Waals surface area contributed by atoms with Crippen LogP contribution in [-0.2, 0) is 14.8 Å². The van der Waals surface area contributed by atoms with E-state index in [2.05, 4.69) is 10.0 Å². The predicted octanol–water partition coefficient (Wildman–Crippen LogP) is 0.791. The number of benzene rings is 1. The van der Waals surface area contributed by atoms with Crippen molar-refractivity contribution in [3.63, 3.8) is 0 Å². The fourth-order valence-electron chi connectivity index (χ4n) is 1.92. The van der Waals surface area contributed by atoms with Gasteiger partial charge in [-0.05, 0) is 44.5 Å². The lowest BCUT2D eigenvalue weighted by atomic mass is 10.0. The van der Waals surface area contributed by atoms with Crippen LogP contribution in [0.3, 0.4) is 0 Å². The molecule has 6 nitrogen and oxygen atoms in total. The number of rotatable bonds is 4. The smallest absolute Gasteiger partial charge is 0.240 e. The van der Waals surface area contributed by atoms with Gasteiger partial charge in [0, 0.05) is 12.2 Å². The average Bonchev–Trinajstić information content (AvgIpc) is 2.62. The number of sulfonamides is 1. The van der Waals surface area contributed by atoms with Crippen LogP contribution in [0, 0.1) is 0 Å². The number of hydrogen-bond donors (Lipinski definition) is 3. The summed E-state index contributed by atoms with van der Waals surface area (Å²) in [5.41, 5.74) is 0.180. The molecule has 20 heavy (non-hydrogen) atoms. The van der Waals surface area contributed by atoms with Gasteiger partial charge >= 0.3 is 0 Å². The van der Waals surface area contributed by atoms with Crippen LogP contribution < -0.4 is 10.0 Å². The molecular formula is C13H18N2O4S. The van der Waals surface area contributed by atoms with E-state index < -0.39 is 15.6 Å². The Morgan fingerprint density at radius 2 is 2.05 bits per heavy atom. The van der Waals surface area contributed by atoms with Crippen molar-refractivity contribution in [1.29, 1.82) is 0 Å². The molecule has 7 heteroatoms. The third-order valence-electron chi connectivity index (χ3n) is 3.15. The fourth-order valence-corrected chi connectivity index (χ4v) is 3.16. The van der Waals surface area contributed by atoms with Crippen LogP contribution >= 0.6 is 0 Å². The third kappa shape index (κ3) is 3.00. The van der Waals surface area contributed by atoms with Gasteiger partial charge in [-0.25, -0.2) is 13.1 Å². The Morgan fingerprint density at radius 3 is 2.65 bits per heavy atom. The van der Waals surface area contributed by atoms with E-state index in [4.69, 9.17) is 0 Å². The maximum Gasteiger partial charge on any atom is 0.240 e. The van der Waals surface area contributed by atoms with E-state index in [1.165, 1.54) is 26.0 Å². The maximum absolute atomic E-state index is 12.1. The van der Waals surface area contributed by atoms with Crippen molar-refractivity contribution in [2.24, 2.45) is 0 Å². The summed E-state index contributed by atoms with van der Waals surface area (Å²) in [5.74, 6) is -0.506. The van der Waals surface area contributed by atoms with Crippen LogP contribution in [-0.4, -0.2) is 31.6 Å². The molecule has 1 aromatic rings. The summed E-state index contributed by atoms with van der Waals surface area (Å²) in [4.78, 5) is 11.6. The SMILES string of the molecule is CC1C(=O)Nc2ccc(S(=O)(=O)NCC(C)(C)O)cc21. The van der Waals surface area contributed by atoms with Gasteiger partial charge in [0.25, 0.3) is 0 Å². The Hall–Kier alpha value is -1.44. The van der Waals surface area contributed by atoms with Crippen LogP contribution in [0.2, 0.25) is 0 Å². The number of hydrogen-bond acceptors (Lipinski definition) is 4. The molecule has 3 N–H and O–H groups in total. The van der Waals surface area contributed by atoms with E-state index in [1.54, 1.807) is 13.0 Å². The standard InChI is InChI=1S/C13H18N2O4S/c1-8-10-6-9(4-5-11(10)15-12(8)16)20(18,19)14-7-13(2,3)17/h4-6,8,14,17H,7H2,1-3H3,(H,15,16). The quantitative estimate of drug-likeness (QED) is 0.766. The van der Waals surface area contributed by atoms with Gasteiger partial charge in [0.15, 0.2) is 0 Å². The first kappa shape index (κ1) is 15.0. The van der Waals surface area contributed by atoms with Crippen molar-refractivity contribution in [2.45, 2.75) is 37.2 Å². The van der Waals surface area contributed by atoms with Crippen molar-refractivity contribution in [3.05, 3.63) is 23.8 Å². The second-order valence-electron chi connectivity index (χ2n) is 5.60. The van der Waals surface area contributed by atoms with E-state index in [0.29, 0.717) is 11.3 Å². The van der Waals surface area contributed by atoms with Crippen LogP contribution in [0.5, 0.6) is 0 Å². The molecule has 110 valence electrons. The van der Waals surface area contributed by atoms with E-state index in [0.717, 1.165) is 0 Å². The number of nitrogens with one attached hydrogen (secondary N) is 2. The first-order valence-corrected chi connectivity index (χ1v) is 7.75. The highest BCUT2D eigenvalue weighted by Gasteiger charge is 2.28. The van der Waals surface area contributed by atoms with Gasteiger partial charge in [0.1, 0.15) is 0 Å². The summed E-state index contributed by atoms with van der Waals surface area (Å²) in [6.45, 7) is 4.67. The topological polar surface area (TPSA) is 95.5 Å². The van der Waals surface area contributed by atoms with Crippen molar-refractivity contribution >= 4 is 21.6 Å². The molecule has 0 aliphatic carbocycles. The zero-order valence-electron chi connectivity index (χ0n) is 11.6. The van der Waals surface area contributed by atoms with Gasteiger partial charge in [-0.15, -0.1) is 0 Å². The van der Waals surface area contributed by atoms with Crippen molar-refractivity contribution < 1.29 is 18.3 Å². The highest BCUT2D eigenvalue weighted by molar-refractivity contribution is 7.89. The molecule has 0 fully saturated rings. The van der Waals surface area contributed by atoms with E-state index in [9.17, 15) is 18.3 Å². The zero-order valence-corrected chi connectivity index (χ0v) is 12.4. The van der Waals surface area contributed by atoms with Gasteiger partial charge in [0.2, 0.25) is 15.9 Å². The number of carbonyl (C=O) groups excluding carboxylic acids is 1. The molecule has 0 aromatic heterocycles. The molecule has 1 unspecified atom stereocenters. The van der Waals surface area contributed by atoms with Gasteiger partial charge in [0.05, 0.1) is 16.4 Å². The monoisotopic (exact) mass is 298 g/mol. The van der Waals surface area contributed by atoms with Crippen molar-refractivity contribution in [2.75, 3.05) is 11.9 Å². The number of fused-ring (bicyclic) bond motifs is 1.